The number of thiazole rings is 1. The molecule has 0 aliphatic rings. The minimum atomic E-state index is -0.993. The number of carboxylic acid groups (broad SMARTS) is 1. The van der Waals surface area contributed by atoms with Crippen molar-refractivity contribution in [2.45, 2.75) is 13.0 Å². The summed E-state index contributed by atoms with van der Waals surface area (Å²) in [5.41, 5.74) is 0.828. The fraction of sp³-hybridized carbons (Fsp3) is 0.250. The molecule has 2 rings (SSSR count). The lowest BCUT2D eigenvalue weighted by Crippen LogP contribution is -2.39. The van der Waals surface area contributed by atoms with E-state index in [4.69, 9.17) is 5.11 Å². The Morgan fingerprint density at radius 3 is 2.84 bits per heavy atom. The molecule has 0 saturated carbocycles. The summed E-state index contributed by atoms with van der Waals surface area (Å²) in [6.07, 6.45) is 0. The molecule has 2 aromatic rings. The van der Waals surface area contributed by atoms with Gasteiger partial charge in [-0.1, -0.05) is 23.5 Å². The Morgan fingerprint density at radius 2 is 2.16 bits per heavy atom. The number of carboxylic acids is 1. The van der Waals surface area contributed by atoms with E-state index in [0.29, 0.717) is 5.13 Å². The highest BCUT2D eigenvalue weighted by atomic mass is 32.1. The molecule has 6 nitrogen and oxygen atoms in total. The van der Waals surface area contributed by atoms with Gasteiger partial charge in [0.2, 0.25) is 5.91 Å². The molecule has 0 aliphatic heterocycles. The Balaban J connectivity index is 1.93. The third-order valence-electron chi connectivity index (χ3n) is 2.48. The van der Waals surface area contributed by atoms with Crippen LogP contribution >= 0.6 is 11.3 Å². The molecule has 19 heavy (non-hydrogen) atoms. The van der Waals surface area contributed by atoms with Crippen molar-refractivity contribution in [1.82, 2.24) is 10.3 Å². The van der Waals surface area contributed by atoms with E-state index in [9.17, 15) is 9.59 Å². The summed E-state index contributed by atoms with van der Waals surface area (Å²) in [4.78, 5) is 26.5. The van der Waals surface area contributed by atoms with Crippen LogP contribution in [0.15, 0.2) is 24.3 Å². The summed E-state index contributed by atoms with van der Waals surface area (Å²) in [5, 5.41) is 14.4. The summed E-state index contributed by atoms with van der Waals surface area (Å²) in [7, 11) is 0. The largest absolute Gasteiger partial charge is 0.480 e. The van der Waals surface area contributed by atoms with Crippen LogP contribution < -0.4 is 10.6 Å². The van der Waals surface area contributed by atoms with E-state index in [-0.39, 0.29) is 12.5 Å². The molecule has 0 bridgehead atoms. The first kappa shape index (κ1) is 13.4. The van der Waals surface area contributed by atoms with Crippen LogP contribution in [0, 0.1) is 0 Å². The van der Waals surface area contributed by atoms with E-state index < -0.39 is 12.0 Å². The quantitative estimate of drug-likeness (QED) is 0.767. The molecule has 0 radical (unpaired) electrons. The van der Waals surface area contributed by atoms with Crippen LogP contribution in [0.5, 0.6) is 0 Å². The van der Waals surface area contributed by atoms with Crippen LogP contribution in [0.1, 0.15) is 6.92 Å². The van der Waals surface area contributed by atoms with E-state index in [1.807, 2.05) is 24.3 Å². The highest BCUT2D eigenvalue weighted by Crippen LogP contribution is 2.25. The van der Waals surface area contributed by atoms with Crippen LogP contribution in [0.3, 0.4) is 0 Å². The van der Waals surface area contributed by atoms with Crippen molar-refractivity contribution >= 4 is 38.6 Å². The number of fused-ring (bicyclic) bond motifs is 1. The molecule has 1 heterocycles. The van der Waals surface area contributed by atoms with Gasteiger partial charge >= 0.3 is 5.97 Å². The van der Waals surface area contributed by atoms with Crippen LogP contribution in [0.2, 0.25) is 0 Å². The van der Waals surface area contributed by atoms with Gasteiger partial charge in [0.05, 0.1) is 16.8 Å². The number of amides is 1. The fourth-order valence-corrected chi connectivity index (χ4v) is 2.30. The van der Waals surface area contributed by atoms with Gasteiger partial charge in [-0.15, -0.1) is 0 Å². The average Bonchev–Trinajstić information content (AvgIpc) is 2.77. The van der Waals surface area contributed by atoms with Gasteiger partial charge in [0.1, 0.15) is 6.04 Å². The maximum Gasteiger partial charge on any atom is 0.320 e. The van der Waals surface area contributed by atoms with Gasteiger partial charge in [0.15, 0.2) is 5.13 Å². The first-order valence-corrected chi connectivity index (χ1v) is 6.49. The van der Waals surface area contributed by atoms with Crippen molar-refractivity contribution in [2.24, 2.45) is 0 Å². The SMILES string of the molecule is CC(NCC(=O)Nc1nc2ccccc2s1)C(=O)O. The van der Waals surface area contributed by atoms with E-state index in [1.165, 1.54) is 18.3 Å². The molecule has 1 unspecified atom stereocenters. The monoisotopic (exact) mass is 279 g/mol. The number of hydrogen-bond acceptors (Lipinski definition) is 5. The van der Waals surface area contributed by atoms with Gasteiger partial charge in [0.25, 0.3) is 0 Å². The van der Waals surface area contributed by atoms with Crippen molar-refractivity contribution in [3.63, 3.8) is 0 Å². The van der Waals surface area contributed by atoms with Crippen LogP contribution in [-0.4, -0.2) is 34.6 Å². The minimum absolute atomic E-state index is 0.0661. The first-order chi connectivity index (χ1) is 9.06. The summed E-state index contributed by atoms with van der Waals surface area (Å²) in [6, 6.07) is 6.81. The zero-order chi connectivity index (χ0) is 13.8. The number of nitrogens with one attached hydrogen (secondary N) is 2. The molecule has 0 fully saturated rings. The number of nitrogens with zero attached hydrogens (tertiary/aromatic N) is 1. The Bertz CT molecular complexity index is 578. The summed E-state index contributed by atoms with van der Waals surface area (Å²) in [6.45, 7) is 1.41. The van der Waals surface area contributed by atoms with Gasteiger partial charge in [-0.3, -0.25) is 14.9 Å². The van der Waals surface area contributed by atoms with E-state index in [0.717, 1.165) is 10.2 Å². The second-order valence-electron chi connectivity index (χ2n) is 3.98. The lowest BCUT2D eigenvalue weighted by molar-refractivity contribution is -0.139. The Morgan fingerprint density at radius 1 is 1.42 bits per heavy atom. The topological polar surface area (TPSA) is 91.3 Å². The number of anilines is 1. The van der Waals surface area contributed by atoms with Gasteiger partial charge in [-0.2, -0.15) is 0 Å². The second kappa shape index (κ2) is 5.77. The molecule has 1 atom stereocenters. The number of rotatable bonds is 5. The van der Waals surface area contributed by atoms with Gasteiger partial charge in [-0.25, -0.2) is 4.98 Å². The third-order valence-corrected chi connectivity index (χ3v) is 3.43. The van der Waals surface area contributed by atoms with Crippen LogP contribution in [0.4, 0.5) is 5.13 Å². The molecule has 1 aromatic carbocycles. The molecule has 1 aromatic heterocycles. The number of benzene rings is 1. The number of aromatic nitrogens is 1. The first-order valence-electron chi connectivity index (χ1n) is 5.68. The molecule has 0 spiro atoms. The van der Waals surface area contributed by atoms with Crippen molar-refractivity contribution in [3.05, 3.63) is 24.3 Å². The number of carbonyl (C=O) groups excluding carboxylic acids is 1. The molecule has 0 saturated heterocycles. The van der Waals surface area contributed by atoms with E-state index >= 15 is 0 Å². The van der Waals surface area contributed by atoms with Crippen LogP contribution in [-0.2, 0) is 9.59 Å². The Hall–Kier alpha value is -1.99. The van der Waals surface area contributed by atoms with Gasteiger partial charge < -0.3 is 10.4 Å². The van der Waals surface area contributed by atoms with Crippen LogP contribution in [0.25, 0.3) is 10.2 Å². The van der Waals surface area contributed by atoms with Crippen molar-refractivity contribution < 1.29 is 14.7 Å². The maximum atomic E-state index is 11.6. The number of para-hydroxylation sites is 1. The van der Waals surface area contributed by atoms with E-state index in [2.05, 4.69) is 15.6 Å². The average molecular weight is 279 g/mol. The van der Waals surface area contributed by atoms with Crippen molar-refractivity contribution in [2.75, 3.05) is 11.9 Å². The standard InChI is InChI=1S/C12H13N3O3S/c1-7(11(17)18)13-6-10(16)15-12-14-8-4-2-3-5-9(8)19-12/h2-5,7,13H,6H2,1H3,(H,17,18)(H,14,15,16). The lowest BCUT2D eigenvalue weighted by atomic mass is 10.3. The molecule has 7 heteroatoms. The maximum absolute atomic E-state index is 11.6. The highest BCUT2D eigenvalue weighted by Gasteiger charge is 2.12. The molecule has 3 N–H and O–H groups in total. The third kappa shape index (κ3) is 3.49. The van der Waals surface area contributed by atoms with Crippen molar-refractivity contribution in [3.8, 4) is 0 Å². The summed E-state index contributed by atoms with van der Waals surface area (Å²) in [5.74, 6) is -1.31. The van der Waals surface area contributed by atoms with Crippen molar-refractivity contribution in [1.29, 1.82) is 0 Å². The predicted octanol–water partition coefficient (Wildman–Crippen LogP) is 1.30. The molecular formula is C12H13N3O3S. The summed E-state index contributed by atoms with van der Waals surface area (Å²) < 4.78 is 0.990. The molecule has 100 valence electrons. The summed E-state index contributed by atoms with van der Waals surface area (Å²) >= 11 is 1.38. The van der Waals surface area contributed by atoms with E-state index in [1.54, 1.807) is 0 Å². The highest BCUT2D eigenvalue weighted by molar-refractivity contribution is 7.22. The fourth-order valence-electron chi connectivity index (χ4n) is 1.42. The number of aliphatic carboxylic acids is 1. The zero-order valence-electron chi connectivity index (χ0n) is 10.2. The Kier molecular flexibility index (Phi) is 4.08. The second-order valence-corrected chi connectivity index (χ2v) is 5.01. The minimum Gasteiger partial charge on any atom is -0.480 e. The lowest BCUT2D eigenvalue weighted by Gasteiger charge is -2.07. The van der Waals surface area contributed by atoms with Gasteiger partial charge in [0, 0.05) is 0 Å². The molecular weight excluding hydrogens is 266 g/mol. The Labute approximate surface area is 113 Å². The zero-order valence-corrected chi connectivity index (χ0v) is 11.0. The number of hydrogen-bond donors (Lipinski definition) is 3. The molecule has 1 amide bonds. The predicted molar refractivity (Wildman–Crippen MR) is 73.4 cm³/mol. The van der Waals surface area contributed by atoms with Gasteiger partial charge in [-0.05, 0) is 19.1 Å². The smallest absolute Gasteiger partial charge is 0.320 e. The normalized spacial score (nSPS) is 12.3. The molecule has 0 aliphatic carbocycles. The number of carbonyl (C=O) groups is 2.